The van der Waals surface area contributed by atoms with E-state index in [9.17, 15) is 4.79 Å². The topological polar surface area (TPSA) is 92.8 Å². The molecule has 0 radical (unpaired) electrons. The van der Waals surface area contributed by atoms with Crippen LogP contribution in [0.4, 0.5) is 0 Å². The fourth-order valence-corrected chi connectivity index (χ4v) is 2.95. The number of fused-ring (bicyclic) bond motifs is 1. The minimum absolute atomic E-state index is 0.178. The van der Waals surface area contributed by atoms with Crippen molar-refractivity contribution < 1.29 is 9.32 Å². The number of aryl methyl sites for hydroxylation is 1. The monoisotopic (exact) mass is 350 g/mol. The molecular weight excluding hydrogens is 332 g/mol. The normalized spacial score (nSPS) is 11.2. The Morgan fingerprint density at radius 3 is 2.96 bits per heavy atom. The highest BCUT2D eigenvalue weighted by molar-refractivity contribution is 5.92. The Morgan fingerprint density at radius 1 is 1.31 bits per heavy atom. The van der Waals surface area contributed by atoms with E-state index in [0.29, 0.717) is 24.5 Å². The molecule has 8 heteroatoms. The average molecular weight is 350 g/mol. The summed E-state index contributed by atoms with van der Waals surface area (Å²) in [6.45, 7) is 2.90. The van der Waals surface area contributed by atoms with Crippen LogP contribution in [-0.2, 0) is 13.1 Å². The van der Waals surface area contributed by atoms with Crippen LogP contribution in [0.25, 0.3) is 11.0 Å². The molecule has 1 amide bonds. The van der Waals surface area contributed by atoms with Gasteiger partial charge in [0.25, 0.3) is 5.91 Å². The minimum atomic E-state index is -0.178. The van der Waals surface area contributed by atoms with Gasteiger partial charge in [0.1, 0.15) is 23.5 Å². The third-order valence-electron chi connectivity index (χ3n) is 4.26. The summed E-state index contributed by atoms with van der Waals surface area (Å²) in [5.74, 6) is 0.736. The summed E-state index contributed by atoms with van der Waals surface area (Å²) in [5, 5.41) is 10.9. The highest BCUT2D eigenvalue weighted by Crippen LogP contribution is 2.17. The third-order valence-corrected chi connectivity index (χ3v) is 4.26. The van der Waals surface area contributed by atoms with Crippen molar-refractivity contribution in [3.8, 4) is 0 Å². The molecule has 1 N–H and O–H groups in total. The Labute approximate surface area is 149 Å². The first-order valence-electron chi connectivity index (χ1n) is 8.22. The molecule has 132 valence electrons. The molecule has 3 heterocycles. The number of carbonyl (C=O) groups is 1. The third kappa shape index (κ3) is 2.97. The van der Waals surface area contributed by atoms with Crippen LogP contribution < -0.4 is 0 Å². The van der Waals surface area contributed by atoms with Gasteiger partial charge in [-0.25, -0.2) is 4.98 Å². The Balaban J connectivity index is 1.52. The van der Waals surface area contributed by atoms with Gasteiger partial charge in [0, 0.05) is 13.1 Å². The Hall–Kier alpha value is -3.42. The maximum Gasteiger partial charge on any atom is 0.274 e. The lowest BCUT2D eigenvalue weighted by Crippen LogP contribution is -2.26. The van der Waals surface area contributed by atoms with Crippen molar-refractivity contribution in [3.63, 3.8) is 0 Å². The average Bonchev–Trinajstić information content (AvgIpc) is 3.36. The van der Waals surface area contributed by atoms with E-state index in [1.165, 1.54) is 6.26 Å². The number of aromatic amines is 1. The van der Waals surface area contributed by atoms with Gasteiger partial charge in [-0.2, -0.15) is 5.10 Å². The van der Waals surface area contributed by atoms with Crippen molar-refractivity contribution in [2.75, 3.05) is 7.05 Å². The maximum atomic E-state index is 12.5. The fourth-order valence-electron chi connectivity index (χ4n) is 2.95. The highest BCUT2D eigenvalue weighted by atomic mass is 16.5. The lowest BCUT2D eigenvalue weighted by Gasteiger charge is -2.13. The van der Waals surface area contributed by atoms with Gasteiger partial charge in [-0.1, -0.05) is 17.3 Å². The highest BCUT2D eigenvalue weighted by Gasteiger charge is 2.17. The number of H-pyrrole nitrogens is 1. The molecule has 0 aliphatic carbocycles. The first-order chi connectivity index (χ1) is 12.6. The number of hydrogen-bond donors (Lipinski definition) is 1. The second-order valence-corrected chi connectivity index (χ2v) is 6.16. The second-order valence-electron chi connectivity index (χ2n) is 6.16. The zero-order chi connectivity index (χ0) is 18.1. The number of hydrogen-bond acceptors (Lipinski definition) is 5. The lowest BCUT2D eigenvalue weighted by atomic mass is 10.3. The van der Waals surface area contributed by atoms with Gasteiger partial charge >= 0.3 is 0 Å². The van der Waals surface area contributed by atoms with Crippen LogP contribution in [-0.4, -0.2) is 42.8 Å². The van der Waals surface area contributed by atoms with E-state index in [1.54, 1.807) is 24.1 Å². The van der Waals surface area contributed by atoms with E-state index < -0.39 is 0 Å². The molecule has 3 aromatic heterocycles. The zero-order valence-electron chi connectivity index (χ0n) is 14.5. The number of aromatic nitrogens is 5. The Kier molecular flexibility index (Phi) is 4.00. The van der Waals surface area contributed by atoms with Gasteiger partial charge < -0.3 is 14.0 Å². The molecule has 0 aliphatic rings. The van der Waals surface area contributed by atoms with Crippen LogP contribution in [0, 0.1) is 6.92 Å². The smallest absolute Gasteiger partial charge is 0.274 e. The van der Waals surface area contributed by atoms with Crippen molar-refractivity contribution in [2.45, 2.75) is 20.0 Å². The quantitative estimate of drug-likeness (QED) is 0.596. The number of nitrogens with one attached hydrogen (secondary N) is 1. The van der Waals surface area contributed by atoms with Gasteiger partial charge in [-0.3, -0.25) is 9.89 Å². The maximum absolute atomic E-state index is 12.5. The van der Waals surface area contributed by atoms with Gasteiger partial charge in [0.05, 0.1) is 29.8 Å². The van der Waals surface area contributed by atoms with E-state index in [0.717, 1.165) is 22.6 Å². The minimum Gasteiger partial charge on any atom is -0.364 e. The van der Waals surface area contributed by atoms with Crippen molar-refractivity contribution in [3.05, 3.63) is 65.6 Å². The number of benzene rings is 1. The number of rotatable bonds is 5. The SMILES string of the molecule is Cc1nc2ccccc2n1Cc1cc(C(=O)N(C)Cc2ccon2)n[nH]1. The molecule has 0 saturated heterocycles. The summed E-state index contributed by atoms with van der Waals surface area (Å²) in [4.78, 5) is 18.6. The predicted octanol–water partition coefficient (Wildman–Crippen LogP) is 2.38. The molecule has 0 aliphatic heterocycles. The molecular formula is C18H18N6O2. The first kappa shape index (κ1) is 16.1. The van der Waals surface area contributed by atoms with Gasteiger partial charge in [0.2, 0.25) is 0 Å². The van der Waals surface area contributed by atoms with Crippen LogP contribution >= 0.6 is 0 Å². The largest absolute Gasteiger partial charge is 0.364 e. The number of nitrogens with zero attached hydrogens (tertiary/aromatic N) is 5. The molecule has 0 fully saturated rings. The van der Waals surface area contributed by atoms with Crippen LogP contribution in [0.2, 0.25) is 0 Å². The Bertz CT molecular complexity index is 1050. The molecule has 8 nitrogen and oxygen atoms in total. The predicted molar refractivity (Wildman–Crippen MR) is 94.5 cm³/mol. The van der Waals surface area contributed by atoms with E-state index in [4.69, 9.17) is 4.52 Å². The van der Waals surface area contributed by atoms with Gasteiger partial charge in [-0.15, -0.1) is 0 Å². The van der Waals surface area contributed by atoms with E-state index in [1.807, 2.05) is 31.2 Å². The molecule has 0 bridgehead atoms. The van der Waals surface area contributed by atoms with Gasteiger partial charge in [-0.05, 0) is 25.1 Å². The summed E-state index contributed by atoms with van der Waals surface area (Å²) in [6, 6.07) is 11.5. The van der Waals surface area contributed by atoms with E-state index in [2.05, 4.69) is 24.9 Å². The summed E-state index contributed by atoms with van der Waals surface area (Å²) in [7, 11) is 1.71. The summed E-state index contributed by atoms with van der Waals surface area (Å²) < 4.78 is 6.89. The summed E-state index contributed by atoms with van der Waals surface area (Å²) in [6.07, 6.45) is 1.48. The van der Waals surface area contributed by atoms with Crippen LogP contribution in [0.15, 0.2) is 47.2 Å². The van der Waals surface area contributed by atoms with Gasteiger partial charge in [0.15, 0.2) is 0 Å². The standard InChI is InChI=1S/C18H18N6O2/c1-12-19-15-5-3-4-6-17(15)24(12)11-14-9-16(21-20-14)18(25)23(2)10-13-7-8-26-22-13/h3-9H,10-11H2,1-2H3,(H,20,21). The van der Waals surface area contributed by atoms with Crippen molar-refractivity contribution in [1.29, 1.82) is 0 Å². The molecule has 1 aromatic carbocycles. The fraction of sp³-hybridized carbons (Fsp3) is 0.222. The molecule has 0 atom stereocenters. The lowest BCUT2D eigenvalue weighted by molar-refractivity contribution is 0.0776. The van der Waals surface area contributed by atoms with E-state index in [-0.39, 0.29) is 5.91 Å². The van der Waals surface area contributed by atoms with Crippen LogP contribution in [0.1, 0.15) is 27.7 Å². The molecule has 4 aromatic rings. The zero-order valence-corrected chi connectivity index (χ0v) is 14.5. The molecule has 0 spiro atoms. The Morgan fingerprint density at radius 2 is 2.15 bits per heavy atom. The van der Waals surface area contributed by atoms with Crippen LogP contribution in [0.5, 0.6) is 0 Å². The van der Waals surface area contributed by atoms with Crippen molar-refractivity contribution >= 4 is 16.9 Å². The molecule has 26 heavy (non-hydrogen) atoms. The second kappa shape index (κ2) is 6.47. The van der Waals surface area contributed by atoms with Crippen LogP contribution in [0.3, 0.4) is 0 Å². The van der Waals surface area contributed by atoms with Crippen molar-refractivity contribution in [2.24, 2.45) is 0 Å². The number of amides is 1. The summed E-state index contributed by atoms with van der Waals surface area (Å²) >= 11 is 0. The van der Waals surface area contributed by atoms with Crippen molar-refractivity contribution in [1.82, 2.24) is 29.8 Å². The number of carbonyl (C=O) groups excluding carboxylic acids is 1. The van der Waals surface area contributed by atoms with E-state index >= 15 is 0 Å². The first-order valence-corrected chi connectivity index (χ1v) is 8.22. The number of para-hydroxylation sites is 2. The molecule has 0 saturated carbocycles. The summed E-state index contributed by atoms with van der Waals surface area (Å²) in [5.41, 5.74) is 3.91. The molecule has 0 unspecified atom stereocenters. The number of imidazole rings is 1. The molecule has 4 rings (SSSR count).